The number of likely N-dealkylation sites (N-methyl/N-ethyl adjacent to an activating group) is 1. The van der Waals surface area contributed by atoms with Crippen molar-refractivity contribution in [3.8, 4) is 11.8 Å². The average Bonchev–Trinajstić information content (AvgIpc) is 2.92. The van der Waals surface area contributed by atoms with Crippen molar-refractivity contribution in [2.75, 3.05) is 32.1 Å². The largest absolute Gasteiger partial charge is 0.497 e. The van der Waals surface area contributed by atoms with Crippen LogP contribution in [0.5, 0.6) is 5.75 Å². The smallest absolute Gasteiger partial charge is 0.121 e. The Balaban J connectivity index is 2.04. The molecule has 1 unspecified atom stereocenters. The second-order valence-corrected chi connectivity index (χ2v) is 4.83. The molecule has 4 nitrogen and oxygen atoms in total. The third kappa shape index (κ3) is 3.18. The van der Waals surface area contributed by atoms with Crippen LogP contribution >= 0.6 is 0 Å². The average molecular weight is 259 g/mol. The molecule has 0 bridgehead atoms. The highest BCUT2D eigenvalue weighted by molar-refractivity contribution is 5.60. The standard InChI is InChI=1S/C15H21N3O/c1-3-18-8-4-5-13(18)11-17-15-9-14(19-2)7-6-12(15)10-16/h6-7,9,13,17H,3-5,8,11H2,1-2H3. The van der Waals surface area contributed by atoms with Crippen molar-refractivity contribution in [2.45, 2.75) is 25.8 Å². The molecule has 1 saturated heterocycles. The maximum atomic E-state index is 9.13. The van der Waals surface area contributed by atoms with Crippen LogP contribution in [0.4, 0.5) is 5.69 Å². The first-order valence-corrected chi connectivity index (χ1v) is 6.84. The Labute approximate surface area is 115 Å². The minimum Gasteiger partial charge on any atom is -0.497 e. The molecule has 0 saturated carbocycles. The van der Waals surface area contributed by atoms with Crippen LogP contribution in [-0.2, 0) is 0 Å². The van der Waals surface area contributed by atoms with Crippen molar-refractivity contribution in [3.63, 3.8) is 0 Å². The van der Waals surface area contributed by atoms with E-state index in [0.29, 0.717) is 11.6 Å². The maximum Gasteiger partial charge on any atom is 0.121 e. The lowest BCUT2D eigenvalue weighted by Crippen LogP contribution is -2.34. The molecule has 2 rings (SSSR count). The Bertz CT molecular complexity index is 467. The number of likely N-dealkylation sites (tertiary alicyclic amines) is 1. The van der Waals surface area contributed by atoms with Gasteiger partial charge in [-0.1, -0.05) is 6.92 Å². The number of nitrogens with zero attached hydrogens (tertiary/aromatic N) is 2. The predicted octanol–water partition coefficient (Wildman–Crippen LogP) is 2.46. The minimum atomic E-state index is 0.572. The van der Waals surface area contributed by atoms with E-state index in [4.69, 9.17) is 10.00 Å². The number of ether oxygens (including phenoxy) is 1. The summed E-state index contributed by atoms with van der Waals surface area (Å²) in [6.07, 6.45) is 2.50. The van der Waals surface area contributed by atoms with Gasteiger partial charge in [-0.3, -0.25) is 4.90 Å². The Kier molecular flexibility index (Phi) is 4.64. The normalized spacial score (nSPS) is 19.1. The molecule has 0 radical (unpaired) electrons. The molecule has 0 amide bonds. The van der Waals surface area contributed by atoms with Gasteiger partial charge in [-0.15, -0.1) is 0 Å². The Morgan fingerprint density at radius 2 is 2.37 bits per heavy atom. The van der Waals surface area contributed by atoms with Gasteiger partial charge in [0.25, 0.3) is 0 Å². The van der Waals surface area contributed by atoms with Gasteiger partial charge in [0.2, 0.25) is 0 Å². The summed E-state index contributed by atoms with van der Waals surface area (Å²) in [5.41, 5.74) is 1.53. The molecule has 1 aromatic rings. The number of hydrogen-bond donors (Lipinski definition) is 1. The Morgan fingerprint density at radius 1 is 1.53 bits per heavy atom. The van der Waals surface area contributed by atoms with E-state index in [9.17, 15) is 0 Å². The van der Waals surface area contributed by atoms with E-state index in [1.54, 1.807) is 13.2 Å². The van der Waals surface area contributed by atoms with Gasteiger partial charge in [-0.05, 0) is 38.1 Å². The summed E-state index contributed by atoms with van der Waals surface area (Å²) in [6.45, 7) is 5.36. The molecule has 0 aliphatic carbocycles. The van der Waals surface area contributed by atoms with Crippen molar-refractivity contribution in [3.05, 3.63) is 23.8 Å². The van der Waals surface area contributed by atoms with Crippen molar-refractivity contribution >= 4 is 5.69 Å². The third-order valence-electron chi connectivity index (χ3n) is 3.78. The summed E-state index contributed by atoms with van der Waals surface area (Å²) in [5.74, 6) is 0.778. The topological polar surface area (TPSA) is 48.3 Å². The van der Waals surface area contributed by atoms with Gasteiger partial charge in [0.1, 0.15) is 11.8 Å². The van der Waals surface area contributed by atoms with Crippen LogP contribution in [0.15, 0.2) is 18.2 Å². The summed E-state index contributed by atoms with van der Waals surface area (Å²) in [4.78, 5) is 2.49. The van der Waals surface area contributed by atoms with E-state index in [-0.39, 0.29) is 0 Å². The summed E-state index contributed by atoms with van der Waals surface area (Å²) in [7, 11) is 1.64. The van der Waals surface area contributed by atoms with E-state index in [2.05, 4.69) is 23.2 Å². The number of anilines is 1. The molecular formula is C15H21N3O. The van der Waals surface area contributed by atoms with Crippen LogP contribution < -0.4 is 10.1 Å². The van der Waals surface area contributed by atoms with Crippen LogP contribution in [-0.4, -0.2) is 37.7 Å². The van der Waals surface area contributed by atoms with Crippen LogP contribution in [0.25, 0.3) is 0 Å². The van der Waals surface area contributed by atoms with Gasteiger partial charge in [0.05, 0.1) is 18.4 Å². The van der Waals surface area contributed by atoms with E-state index in [0.717, 1.165) is 24.5 Å². The predicted molar refractivity (Wildman–Crippen MR) is 76.5 cm³/mol. The number of hydrogen-bond acceptors (Lipinski definition) is 4. The zero-order chi connectivity index (χ0) is 13.7. The molecule has 19 heavy (non-hydrogen) atoms. The van der Waals surface area contributed by atoms with E-state index in [1.807, 2.05) is 12.1 Å². The molecule has 1 atom stereocenters. The van der Waals surface area contributed by atoms with Crippen molar-refractivity contribution in [1.82, 2.24) is 4.90 Å². The van der Waals surface area contributed by atoms with Gasteiger partial charge in [0.15, 0.2) is 0 Å². The minimum absolute atomic E-state index is 0.572. The fourth-order valence-corrected chi connectivity index (χ4v) is 2.66. The van der Waals surface area contributed by atoms with E-state index >= 15 is 0 Å². The molecule has 102 valence electrons. The fraction of sp³-hybridized carbons (Fsp3) is 0.533. The molecule has 0 spiro atoms. The highest BCUT2D eigenvalue weighted by Crippen LogP contribution is 2.23. The molecule has 1 heterocycles. The van der Waals surface area contributed by atoms with Crippen molar-refractivity contribution < 1.29 is 4.74 Å². The number of rotatable bonds is 5. The maximum absolute atomic E-state index is 9.13. The highest BCUT2D eigenvalue weighted by Gasteiger charge is 2.22. The molecule has 1 N–H and O–H groups in total. The molecule has 1 aliphatic heterocycles. The van der Waals surface area contributed by atoms with E-state index in [1.165, 1.54) is 19.4 Å². The lowest BCUT2D eigenvalue weighted by Gasteiger charge is -2.23. The zero-order valence-electron chi connectivity index (χ0n) is 11.6. The fourth-order valence-electron chi connectivity index (χ4n) is 2.66. The summed E-state index contributed by atoms with van der Waals surface area (Å²) < 4.78 is 5.21. The quantitative estimate of drug-likeness (QED) is 0.882. The zero-order valence-corrected chi connectivity index (χ0v) is 11.6. The van der Waals surface area contributed by atoms with Crippen LogP contribution in [0.1, 0.15) is 25.3 Å². The van der Waals surface area contributed by atoms with E-state index < -0.39 is 0 Å². The summed E-state index contributed by atoms with van der Waals surface area (Å²) in [5, 5.41) is 12.5. The molecule has 4 heteroatoms. The van der Waals surface area contributed by atoms with Gasteiger partial charge < -0.3 is 10.1 Å². The SMILES string of the molecule is CCN1CCCC1CNc1cc(OC)ccc1C#N. The van der Waals surface area contributed by atoms with Gasteiger partial charge >= 0.3 is 0 Å². The molecular weight excluding hydrogens is 238 g/mol. The Hall–Kier alpha value is -1.73. The lowest BCUT2D eigenvalue weighted by molar-refractivity contribution is 0.277. The number of methoxy groups -OCH3 is 1. The second kappa shape index (κ2) is 6.44. The van der Waals surface area contributed by atoms with Crippen LogP contribution in [0.2, 0.25) is 0 Å². The molecule has 0 aromatic heterocycles. The van der Waals surface area contributed by atoms with Gasteiger partial charge in [0, 0.05) is 18.7 Å². The number of benzene rings is 1. The summed E-state index contributed by atoms with van der Waals surface area (Å²) in [6, 6.07) is 8.30. The number of nitrogens with one attached hydrogen (secondary N) is 1. The Morgan fingerprint density at radius 3 is 3.05 bits per heavy atom. The molecule has 1 aromatic carbocycles. The van der Waals surface area contributed by atoms with Crippen molar-refractivity contribution in [2.24, 2.45) is 0 Å². The summed E-state index contributed by atoms with van der Waals surface area (Å²) >= 11 is 0. The van der Waals surface area contributed by atoms with Crippen LogP contribution in [0, 0.1) is 11.3 Å². The number of nitriles is 1. The van der Waals surface area contributed by atoms with Crippen LogP contribution in [0.3, 0.4) is 0 Å². The first kappa shape index (κ1) is 13.7. The molecule has 1 fully saturated rings. The highest BCUT2D eigenvalue weighted by atomic mass is 16.5. The van der Waals surface area contributed by atoms with Gasteiger partial charge in [-0.25, -0.2) is 0 Å². The first-order chi connectivity index (χ1) is 9.28. The monoisotopic (exact) mass is 259 g/mol. The van der Waals surface area contributed by atoms with Gasteiger partial charge in [-0.2, -0.15) is 5.26 Å². The second-order valence-electron chi connectivity index (χ2n) is 4.83. The molecule has 1 aliphatic rings. The van der Waals surface area contributed by atoms with Crippen molar-refractivity contribution in [1.29, 1.82) is 5.26 Å². The first-order valence-electron chi connectivity index (χ1n) is 6.84. The third-order valence-corrected chi connectivity index (χ3v) is 3.78. The lowest BCUT2D eigenvalue weighted by atomic mass is 10.1.